The average molecular weight is 233 g/mol. The first-order valence-electron chi connectivity index (χ1n) is 5.89. The Bertz CT molecular complexity index is 382. The second-order valence-corrected chi connectivity index (χ2v) is 4.37. The summed E-state index contributed by atoms with van der Waals surface area (Å²) in [6.07, 6.45) is 1.64. The van der Waals surface area contributed by atoms with Crippen molar-refractivity contribution in [2.24, 2.45) is 10.9 Å². The fourth-order valence-electron chi connectivity index (χ4n) is 1.35. The summed E-state index contributed by atoms with van der Waals surface area (Å²) in [7, 11) is 0. The standard InChI is InChI=1S/C14H19NO2/c1-11(2)9-10-14(17-12(3)16)15-13-7-5-4-6-8-13/h4-8,11H,9-10H2,1-3H3. The zero-order chi connectivity index (χ0) is 12.7. The number of esters is 1. The van der Waals surface area contributed by atoms with Crippen LogP contribution in [0.5, 0.6) is 0 Å². The number of hydrogen-bond acceptors (Lipinski definition) is 3. The van der Waals surface area contributed by atoms with Gasteiger partial charge in [-0.25, -0.2) is 4.99 Å². The van der Waals surface area contributed by atoms with Gasteiger partial charge < -0.3 is 4.74 Å². The minimum atomic E-state index is -0.316. The molecular weight excluding hydrogens is 214 g/mol. The maximum absolute atomic E-state index is 11.0. The Morgan fingerprint density at radius 3 is 2.47 bits per heavy atom. The number of carbonyl (C=O) groups is 1. The van der Waals surface area contributed by atoms with Crippen LogP contribution in [0.3, 0.4) is 0 Å². The molecule has 0 spiro atoms. The highest BCUT2D eigenvalue weighted by Crippen LogP contribution is 2.14. The van der Waals surface area contributed by atoms with E-state index in [0.717, 1.165) is 12.1 Å². The maximum atomic E-state index is 11.0. The lowest BCUT2D eigenvalue weighted by Gasteiger charge is -2.07. The molecule has 0 amide bonds. The third-order valence-corrected chi connectivity index (χ3v) is 2.21. The van der Waals surface area contributed by atoms with Gasteiger partial charge in [-0.05, 0) is 24.5 Å². The summed E-state index contributed by atoms with van der Waals surface area (Å²) in [5.41, 5.74) is 0.813. The summed E-state index contributed by atoms with van der Waals surface area (Å²) in [6, 6.07) is 9.52. The third kappa shape index (κ3) is 5.85. The second kappa shape index (κ2) is 6.84. The van der Waals surface area contributed by atoms with Crippen LogP contribution in [-0.2, 0) is 9.53 Å². The van der Waals surface area contributed by atoms with Crippen LogP contribution >= 0.6 is 0 Å². The van der Waals surface area contributed by atoms with Gasteiger partial charge in [0.05, 0.1) is 5.69 Å². The predicted molar refractivity (Wildman–Crippen MR) is 69.4 cm³/mol. The smallest absolute Gasteiger partial charge is 0.309 e. The van der Waals surface area contributed by atoms with E-state index in [9.17, 15) is 4.79 Å². The fourth-order valence-corrected chi connectivity index (χ4v) is 1.35. The molecule has 92 valence electrons. The van der Waals surface area contributed by atoms with Crippen LogP contribution in [0.4, 0.5) is 5.69 Å². The molecule has 0 fully saturated rings. The zero-order valence-electron chi connectivity index (χ0n) is 10.6. The highest BCUT2D eigenvalue weighted by Gasteiger charge is 2.06. The molecule has 0 aliphatic carbocycles. The number of rotatable bonds is 4. The summed E-state index contributed by atoms with van der Waals surface area (Å²) >= 11 is 0. The van der Waals surface area contributed by atoms with Crippen molar-refractivity contribution in [3.63, 3.8) is 0 Å². The monoisotopic (exact) mass is 233 g/mol. The molecule has 0 bridgehead atoms. The van der Waals surface area contributed by atoms with E-state index in [4.69, 9.17) is 4.74 Å². The van der Waals surface area contributed by atoms with Crippen molar-refractivity contribution in [3.8, 4) is 0 Å². The van der Waals surface area contributed by atoms with E-state index in [1.807, 2.05) is 30.3 Å². The summed E-state index contributed by atoms with van der Waals surface area (Å²) in [5.74, 6) is 0.743. The normalized spacial score (nSPS) is 11.6. The quantitative estimate of drug-likeness (QED) is 0.451. The van der Waals surface area contributed by atoms with Gasteiger partial charge in [-0.3, -0.25) is 4.79 Å². The van der Waals surface area contributed by atoms with E-state index < -0.39 is 0 Å². The minimum Gasteiger partial charge on any atom is -0.412 e. The van der Waals surface area contributed by atoms with Crippen LogP contribution in [0.25, 0.3) is 0 Å². The van der Waals surface area contributed by atoms with Gasteiger partial charge in [-0.1, -0.05) is 32.0 Å². The molecule has 3 nitrogen and oxygen atoms in total. The predicted octanol–water partition coefficient (Wildman–Crippen LogP) is 3.72. The number of nitrogens with zero attached hydrogens (tertiary/aromatic N) is 1. The lowest BCUT2D eigenvalue weighted by Crippen LogP contribution is -2.10. The first-order valence-corrected chi connectivity index (χ1v) is 5.89. The van der Waals surface area contributed by atoms with Crippen molar-refractivity contribution < 1.29 is 9.53 Å². The van der Waals surface area contributed by atoms with Crippen LogP contribution in [0.2, 0.25) is 0 Å². The first kappa shape index (κ1) is 13.4. The molecule has 0 saturated carbocycles. The van der Waals surface area contributed by atoms with Crippen molar-refractivity contribution in [1.29, 1.82) is 0 Å². The van der Waals surface area contributed by atoms with Crippen LogP contribution in [0.1, 0.15) is 33.6 Å². The van der Waals surface area contributed by atoms with Crippen molar-refractivity contribution in [2.75, 3.05) is 0 Å². The highest BCUT2D eigenvalue weighted by molar-refractivity contribution is 5.89. The number of aliphatic imine (C=N–C) groups is 1. The largest absolute Gasteiger partial charge is 0.412 e. The molecule has 17 heavy (non-hydrogen) atoms. The molecule has 0 N–H and O–H groups in total. The lowest BCUT2D eigenvalue weighted by atomic mass is 10.1. The zero-order valence-corrected chi connectivity index (χ0v) is 10.6. The van der Waals surface area contributed by atoms with Gasteiger partial charge in [0.15, 0.2) is 5.90 Å². The molecule has 0 aliphatic heterocycles. The number of ether oxygens (including phenoxy) is 1. The summed E-state index contributed by atoms with van der Waals surface area (Å²) in [6.45, 7) is 5.66. The number of carbonyl (C=O) groups excluding carboxylic acids is 1. The minimum absolute atomic E-state index is 0.316. The Hall–Kier alpha value is -1.64. The number of hydrogen-bond donors (Lipinski definition) is 0. The maximum Gasteiger partial charge on any atom is 0.309 e. The van der Waals surface area contributed by atoms with Crippen LogP contribution < -0.4 is 0 Å². The molecule has 0 aliphatic rings. The van der Waals surface area contributed by atoms with Crippen molar-refractivity contribution >= 4 is 17.6 Å². The van der Waals surface area contributed by atoms with Crippen molar-refractivity contribution in [1.82, 2.24) is 0 Å². The first-order chi connectivity index (χ1) is 8.08. The van der Waals surface area contributed by atoms with Gasteiger partial charge in [0.1, 0.15) is 0 Å². The highest BCUT2D eigenvalue weighted by atomic mass is 16.5. The van der Waals surface area contributed by atoms with Gasteiger partial charge in [0, 0.05) is 13.3 Å². The van der Waals surface area contributed by atoms with Crippen molar-refractivity contribution in [3.05, 3.63) is 30.3 Å². The Morgan fingerprint density at radius 1 is 1.29 bits per heavy atom. The van der Waals surface area contributed by atoms with Crippen molar-refractivity contribution in [2.45, 2.75) is 33.6 Å². The van der Waals surface area contributed by atoms with E-state index in [1.54, 1.807) is 0 Å². The topological polar surface area (TPSA) is 38.7 Å². The van der Waals surface area contributed by atoms with E-state index in [1.165, 1.54) is 6.92 Å². The van der Waals surface area contributed by atoms with Crippen LogP contribution in [0.15, 0.2) is 35.3 Å². The molecule has 0 atom stereocenters. The van der Waals surface area contributed by atoms with Gasteiger partial charge in [-0.2, -0.15) is 0 Å². The van der Waals surface area contributed by atoms with E-state index >= 15 is 0 Å². The van der Waals surface area contributed by atoms with Gasteiger partial charge in [0.25, 0.3) is 0 Å². The van der Waals surface area contributed by atoms with Gasteiger partial charge in [0.2, 0.25) is 0 Å². The molecule has 3 heteroatoms. The molecule has 0 unspecified atom stereocenters. The van der Waals surface area contributed by atoms with Crippen LogP contribution in [0, 0.1) is 5.92 Å². The Morgan fingerprint density at radius 2 is 1.94 bits per heavy atom. The van der Waals surface area contributed by atoms with Crippen LogP contribution in [-0.4, -0.2) is 11.9 Å². The van der Waals surface area contributed by atoms with E-state index in [0.29, 0.717) is 18.2 Å². The molecule has 1 rings (SSSR count). The van der Waals surface area contributed by atoms with E-state index in [-0.39, 0.29) is 5.97 Å². The second-order valence-electron chi connectivity index (χ2n) is 4.37. The molecular formula is C14H19NO2. The summed E-state index contributed by atoms with van der Waals surface area (Å²) in [5, 5.41) is 0. The van der Waals surface area contributed by atoms with Gasteiger partial charge in [-0.15, -0.1) is 0 Å². The molecule has 0 radical (unpaired) electrons. The lowest BCUT2D eigenvalue weighted by molar-refractivity contribution is -0.133. The number of para-hydroxylation sites is 1. The SMILES string of the molecule is CC(=O)OC(CCC(C)C)=Nc1ccccc1. The summed E-state index contributed by atoms with van der Waals surface area (Å²) < 4.78 is 5.12. The molecule has 0 aromatic heterocycles. The molecule has 1 aromatic carbocycles. The van der Waals surface area contributed by atoms with Gasteiger partial charge >= 0.3 is 5.97 Å². The fraction of sp³-hybridized carbons (Fsp3) is 0.429. The summed E-state index contributed by atoms with van der Waals surface area (Å²) in [4.78, 5) is 15.3. The van der Waals surface area contributed by atoms with E-state index in [2.05, 4.69) is 18.8 Å². The Balaban J connectivity index is 2.74. The third-order valence-electron chi connectivity index (χ3n) is 2.21. The molecule has 0 saturated heterocycles. The Labute approximate surface area is 103 Å². The number of benzene rings is 1. The Kier molecular flexibility index (Phi) is 5.40. The average Bonchev–Trinajstić information content (AvgIpc) is 2.26. The molecule has 0 heterocycles. The molecule has 1 aromatic rings.